The second kappa shape index (κ2) is 6.78. The number of fused-ring (bicyclic) bond motifs is 3. The van der Waals surface area contributed by atoms with Gasteiger partial charge >= 0.3 is 0 Å². The van der Waals surface area contributed by atoms with Gasteiger partial charge in [-0.1, -0.05) is 44.2 Å². The zero-order valence-electron chi connectivity index (χ0n) is 15.8. The number of nitrogens with zero attached hydrogens (tertiary/aromatic N) is 2. The van der Waals surface area contributed by atoms with E-state index in [2.05, 4.69) is 72.3 Å². The van der Waals surface area contributed by atoms with E-state index in [1.807, 2.05) is 0 Å². The maximum atomic E-state index is 9.23. The monoisotopic (exact) mass is 345 g/mol. The first kappa shape index (κ1) is 17.1. The number of benzene rings is 2. The minimum Gasteiger partial charge on any atom is -0.355 e. The maximum absolute atomic E-state index is 9.23. The molecule has 4 rings (SSSR count). The number of nitrogens with one attached hydrogen (secondary N) is 1. The third-order valence-corrected chi connectivity index (χ3v) is 6.48. The van der Waals surface area contributed by atoms with Crippen LogP contribution in [-0.2, 0) is 6.54 Å². The first-order chi connectivity index (χ1) is 12.6. The van der Waals surface area contributed by atoms with Crippen LogP contribution in [0.15, 0.2) is 42.5 Å². The molecule has 134 valence electrons. The molecule has 3 heteroatoms. The lowest BCUT2D eigenvalue weighted by atomic mass is 9.68. The molecule has 1 N–H and O–H groups in total. The number of piperidine rings is 1. The van der Waals surface area contributed by atoms with Crippen molar-refractivity contribution >= 4 is 21.8 Å². The van der Waals surface area contributed by atoms with Gasteiger partial charge in [0.15, 0.2) is 0 Å². The van der Waals surface area contributed by atoms with Gasteiger partial charge in [-0.15, -0.1) is 0 Å². The highest BCUT2D eigenvalue weighted by Gasteiger charge is 2.37. The van der Waals surface area contributed by atoms with Gasteiger partial charge in [0.25, 0.3) is 0 Å². The van der Waals surface area contributed by atoms with Crippen molar-refractivity contribution in [3.63, 3.8) is 0 Å². The van der Waals surface area contributed by atoms with Crippen LogP contribution in [0.3, 0.4) is 0 Å². The van der Waals surface area contributed by atoms with Crippen LogP contribution < -0.4 is 0 Å². The van der Waals surface area contributed by atoms with Crippen LogP contribution in [0.5, 0.6) is 0 Å². The summed E-state index contributed by atoms with van der Waals surface area (Å²) in [4.78, 5) is 6.09. The first-order valence-corrected chi connectivity index (χ1v) is 9.70. The fourth-order valence-corrected chi connectivity index (χ4v) is 4.53. The van der Waals surface area contributed by atoms with Crippen LogP contribution in [0.4, 0.5) is 0 Å². The summed E-state index contributed by atoms with van der Waals surface area (Å²) in [5, 5.41) is 11.8. The summed E-state index contributed by atoms with van der Waals surface area (Å²) in [5.74, 6) is 0.576. The largest absolute Gasteiger partial charge is 0.355 e. The number of likely N-dealkylation sites (tertiary alicyclic amines) is 1. The lowest BCUT2D eigenvalue weighted by Crippen LogP contribution is -2.42. The molecular weight excluding hydrogens is 318 g/mol. The highest BCUT2D eigenvalue weighted by molar-refractivity contribution is 6.07. The van der Waals surface area contributed by atoms with Crippen molar-refractivity contribution < 1.29 is 0 Å². The third kappa shape index (κ3) is 2.99. The number of hydrogen-bond acceptors (Lipinski definition) is 2. The Morgan fingerprint density at radius 3 is 2.54 bits per heavy atom. The molecule has 3 aromatic rings. The second-order valence-electron chi connectivity index (χ2n) is 8.18. The Balaban J connectivity index is 1.50. The Labute approximate surface area is 155 Å². The van der Waals surface area contributed by atoms with Crippen molar-refractivity contribution in [1.29, 1.82) is 5.26 Å². The summed E-state index contributed by atoms with van der Waals surface area (Å²) >= 11 is 0. The summed E-state index contributed by atoms with van der Waals surface area (Å²) < 4.78 is 0. The summed E-state index contributed by atoms with van der Waals surface area (Å²) in [6.07, 6.45) is 2.96. The van der Waals surface area contributed by atoms with Gasteiger partial charge in [-0.25, -0.2) is 0 Å². The Hall–Kier alpha value is -2.31. The number of aromatic amines is 1. The van der Waals surface area contributed by atoms with E-state index in [4.69, 9.17) is 0 Å². The molecule has 1 aromatic heterocycles. The number of aromatic nitrogens is 1. The molecule has 2 heterocycles. The van der Waals surface area contributed by atoms with Crippen molar-refractivity contribution in [2.75, 3.05) is 13.1 Å². The SMILES string of the molecule is CC(C)C1(CC#N)CCN(Cc2ccc3c(c2)[nH]c2ccccc23)CC1. The highest BCUT2D eigenvalue weighted by Crippen LogP contribution is 2.42. The summed E-state index contributed by atoms with van der Waals surface area (Å²) in [7, 11) is 0. The quantitative estimate of drug-likeness (QED) is 0.681. The fraction of sp³-hybridized carbons (Fsp3) is 0.435. The Kier molecular flexibility index (Phi) is 4.46. The lowest BCUT2D eigenvalue weighted by Gasteiger charge is -2.43. The molecule has 0 saturated carbocycles. The molecule has 26 heavy (non-hydrogen) atoms. The molecule has 1 fully saturated rings. The highest BCUT2D eigenvalue weighted by atomic mass is 15.1. The Morgan fingerprint density at radius 1 is 1.08 bits per heavy atom. The van der Waals surface area contributed by atoms with Crippen LogP contribution in [0.2, 0.25) is 0 Å². The molecule has 0 aliphatic carbocycles. The lowest BCUT2D eigenvalue weighted by molar-refractivity contribution is 0.0617. The Bertz CT molecular complexity index is 952. The van der Waals surface area contributed by atoms with E-state index in [1.165, 1.54) is 27.4 Å². The van der Waals surface area contributed by atoms with E-state index in [9.17, 15) is 5.26 Å². The second-order valence-corrected chi connectivity index (χ2v) is 8.18. The van der Waals surface area contributed by atoms with Crippen molar-refractivity contribution in [2.24, 2.45) is 11.3 Å². The molecule has 0 amide bonds. The van der Waals surface area contributed by atoms with E-state index in [0.717, 1.165) is 32.5 Å². The van der Waals surface area contributed by atoms with Crippen LogP contribution in [-0.4, -0.2) is 23.0 Å². The molecule has 0 unspecified atom stereocenters. The van der Waals surface area contributed by atoms with Crippen molar-refractivity contribution in [1.82, 2.24) is 9.88 Å². The van der Waals surface area contributed by atoms with Crippen LogP contribution in [0.25, 0.3) is 21.8 Å². The van der Waals surface area contributed by atoms with Crippen LogP contribution >= 0.6 is 0 Å². The summed E-state index contributed by atoms with van der Waals surface area (Å²) in [6, 6.07) is 17.7. The van der Waals surface area contributed by atoms with Gasteiger partial charge < -0.3 is 4.98 Å². The molecule has 0 bridgehead atoms. The van der Waals surface area contributed by atoms with Gasteiger partial charge in [-0.3, -0.25) is 4.90 Å². The van der Waals surface area contributed by atoms with E-state index >= 15 is 0 Å². The number of H-pyrrole nitrogens is 1. The van der Waals surface area contributed by atoms with E-state index in [0.29, 0.717) is 12.3 Å². The number of para-hydroxylation sites is 1. The van der Waals surface area contributed by atoms with Gasteiger partial charge in [0, 0.05) is 34.8 Å². The van der Waals surface area contributed by atoms with Gasteiger partial charge in [0.1, 0.15) is 0 Å². The van der Waals surface area contributed by atoms with Gasteiger partial charge in [-0.05, 0) is 55.0 Å². The molecule has 0 radical (unpaired) electrons. The number of nitriles is 1. The van der Waals surface area contributed by atoms with E-state index in [1.54, 1.807) is 0 Å². The summed E-state index contributed by atoms with van der Waals surface area (Å²) in [5.41, 5.74) is 4.01. The molecule has 3 nitrogen and oxygen atoms in total. The van der Waals surface area contributed by atoms with Gasteiger partial charge in [0.2, 0.25) is 0 Å². The number of rotatable bonds is 4. The predicted octanol–water partition coefficient (Wildman–Crippen LogP) is 5.47. The number of hydrogen-bond donors (Lipinski definition) is 1. The van der Waals surface area contributed by atoms with Crippen molar-refractivity contribution in [2.45, 2.75) is 39.7 Å². The van der Waals surface area contributed by atoms with E-state index < -0.39 is 0 Å². The average Bonchev–Trinajstić information content (AvgIpc) is 3.01. The van der Waals surface area contributed by atoms with Gasteiger partial charge in [-0.2, -0.15) is 5.26 Å². The van der Waals surface area contributed by atoms with Gasteiger partial charge in [0.05, 0.1) is 6.07 Å². The molecule has 1 aliphatic heterocycles. The standard InChI is InChI=1S/C23H27N3/c1-17(2)23(9-12-24)10-13-26(14-11-23)16-18-7-8-20-19-5-3-4-6-21(19)25-22(20)15-18/h3-8,15,17,25H,9-11,13-14,16H2,1-2H3. The first-order valence-electron chi connectivity index (χ1n) is 9.70. The molecule has 0 spiro atoms. The third-order valence-electron chi connectivity index (χ3n) is 6.48. The molecular formula is C23H27N3. The predicted molar refractivity (Wildman–Crippen MR) is 108 cm³/mol. The van der Waals surface area contributed by atoms with Crippen LogP contribution in [0, 0.1) is 22.7 Å². The minimum atomic E-state index is 0.215. The average molecular weight is 345 g/mol. The molecule has 1 aliphatic rings. The summed E-state index contributed by atoms with van der Waals surface area (Å²) in [6.45, 7) is 7.72. The maximum Gasteiger partial charge on any atom is 0.0627 e. The molecule has 1 saturated heterocycles. The topological polar surface area (TPSA) is 42.8 Å². The van der Waals surface area contributed by atoms with Crippen molar-refractivity contribution in [3.8, 4) is 6.07 Å². The zero-order valence-corrected chi connectivity index (χ0v) is 15.8. The van der Waals surface area contributed by atoms with Crippen LogP contribution in [0.1, 0.15) is 38.7 Å². The molecule has 0 atom stereocenters. The normalized spacial score (nSPS) is 17.8. The fourth-order valence-electron chi connectivity index (χ4n) is 4.53. The molecule has 2 aromatic carbocycles. The Morgan fingerprint density at radius 2 is 1.81 bits per heavy atom. The van der Waals surface area contributed by atoms with Crippen molar-refractivity contribution in [3.05, 3.63) is 48.0 Å². The zero-order chi connectivity index (χ0) is 18.1. The smallest absolute Gasteiger partial charge is 0.0627 e. The van der Waals surface area contributed by atoms with E-state index in [-0.39, 0.29) is 5.41 Å². The minimum absolute atomic E-state index is 0.215.